The number of benzene rings is 2. The quantitative estimate of drug-likeness (QED) is 0.647. The number of nitrogens with one attached hydrogen (secondary N) is 1. The highest BCUT2D eigenvalue weighted by molar-refractivity contribution is 5.92. The summed E-state index contributed by atoms with van der Waals surface area (Å²) in [6, 6.07) is 14.1. The van der Waals surface area contributed by atoms with E-state index in [4.69, 9.17) is 4.74 Å². The van der Waals surface area contributed by atoms with Gasteiger partial charge in [0.05, 0.1) is 24.1 Å². The maximum absolute atomic E-state index is 11.8. The van der Waals surface area contributed by atoms with Gasteiger partial charge in [0.2, 0.25) is 5.91 Å². The number of aromatic nitrogens is 2. The smallest absolute Gasteiger partial charge is 0.246 e. The van der Waals surface area contributed by atoms with Crippen LogP contribution in [0.5, 0.6) is 5.75 Å². The van der Waals surface area contributed by atoms with Crippen molar-refractivity contribution in [3.05, 3.63) is 71.6 Å². The summed E-state index contributed by atoms with van der Waals surface area (Å²) < 4.78 is 8.16. The number of carbonyl (C=O) groups is 1. The molecule has 5 nitrogen and oxygen atoms in total. The molecular formula is C22H25N3O2. The summed E-state index contributed by atoms with van der Waals surface area (Å²) >= 11 is 0. The number of para-hydroxylation sites is 3. The van der Waals surface area contributed by atoms with E-state index in [-0.39, 0.29) is 5.91 Å². The molecule has 0 aliphatic carbocycles. The van der Waals surface area contributed by atoms with Crippen LogP contribution in [0.3, 0.4) is 0 Å². The van der Waals surface area contributed by atoms with Crippen molar-refractivity contribution >= 4 is 16.9 Å². The predicted molar refractivity (Wildman–Crippen MR) is 108 cm³/mol. The summed E-state index contributed by atoms with van der Waals surface area (Å²) in [6.07, 6.45) is 0. The number of hydrogen-bond donors (Lipinski definition) is 1. The van der Waals surface area contributed by atoms with E-state index in [1.165, 1.54) is 0 Å². The maximum Gasteiger partial charge on any atom is 0.246 e. The zero-order valence-corrected chi connectivity index (χ0v) is 16.1. The average molecular weight is 363 g/mol. The first kappa shape index (κ1) is 18.7. The number of ether oxygens (including phenoxy) is 1. The third-order valence-electron chi connectivity index (χ3n) is 4.50. The summed E-state index contributed by atoms with van der Waals surface area (Å²) in [6.45, 7) is 11.0. The molecule has 0 fully saturated rings. The molecule has 0 atom stereocenters. The van der Waals surface area contributed by atoms with Crippen LogP contribution in [0.15, 0.2) is 54.6 Å². The molecule has 0 spiro atoms. The van der Waals surface area contributed by atoms with Gasteiger partial charge in [0, 0.05) is 5.57 Å². The lowest BCUT2D eigenvalue weighted by atomic mass is 10.1. The number of imidazole rings is 1. The number of aryl methyl sites for hydroxylation is 2. The normalized spacial score (nSPS) is 10.8. The summed E-state index contributed by atoms with van der Waals surface area (Å²) in [5, 5.41) is 2.86. The lowest BCUT2D eigenvalue weighted by Gasteiger charge is -2.14. The number of fused-ring (bicyclic) bond motifs is 1. The second kappa shape index (κ2) is 8.08. The van der Waals surface area contributed by atoms with Gasteiger partial charge in [-0.25, -0.2) is 4.98 Å². The molecule has 1 N–H and O–H groups in total. The number of hydrogen-bond acceptors (Lipinski definition) is 3. The molecule has 140 valence electrons. The molecule has 1 amide bonds. The zero-order valence-electron chi connectivity index (χ0n) is 16.1. The van der Waals surface area contributed by atoms with Gasteiger partial charge in [0.1, 0.15) is 18.2 Å². The largest absolute Gasteiger partial charge is 0.491 e. The van der Waals surface area contributed by atoms with Crippen LogP contribution in [0.1, 0.15) is 23.9 Å². The Labute approximate surface area is 159 Å². The molecule has 0 aliphatic rings. The van der Waals surface area contributed by atoms with E-state index < -0.39 is 0 Å². The fourth-order valence-corrected chi connectivity index (χ4v) is 3.09. The van der Waals surface area contributed by atoms with Gasteiger partial charge < -0.3 is 14.6 Å². The minimum absolute atomic E-state index is 0.166. The van der Waals surface area contributed by atoms with Gasteiger partial charge in [0.25, 0.3) is 0 Å². The minimum atomic E-state index is -0.166. The van der Waals surface area contributed by atoms with E-state index in [9.17, 15) is 4.79 Å². The lowest BCUT2D eigenvalue weighted by Crippen LogP contribution is -2.25. The third-order valence-corrected chi connectivity index (χ3v) is 4.50. The fraction of sp³-hybridized carbons (Fsp3) is 0.273. The van der Waals surface area contributed by atoms with Crippen LogP contribution < -0.4 is 10.1 Å². The molecule has 0 aliphatic heterocycles. The predicted octanol–water partition coefficient (Wildman–Crippen LogP) is 3.92. The fourth-order valence-electron chi connectivity index (χ4n) is 3.09. The highest BCUT2D eigenvalue weighted by Gasteiger charge is 2.12. The van der Waals surface area contributed by atoms with Crippen molar-refractivity contribution in [1.82, 2.24) is 14.9 Å². The van der Waals surface area contributed by atoms with Gasteiger partial charge in [-0.05, 0) is 44.0 Å². The molecule has 27 heavy (non-hydrogen) atoms. The van der Waals surface area contributed by atoms with Crippen LogP contribution in [0.25, 0.3) is 11.0 Å². The van der Waals surface area contributed by atoms with E-state index in [0.29, 0.717) is 25.3 Å². The molecule has 0 radical (unpaired) electrons. The highest BCUT2D eigenvalue weighted by atomic mass is 16.5. The molecule has 1 heterocycles. The van der Waals surface area contributed by atoms with Crippen molar-refractivity contribution in [1.29, 1.82) is 0 Å². The van der Waals surface area contributed by atoms with E-state index in [0.717, 1.165) is 33.7 Å². The highest BCUT2D eigenvalue weighted by Crippen LogP contribution is 2.23. The van der Waals surface area contributed by atoms with Gasteiger partial charge in [-0.1, -0.05) is 36.9 Å². The monoisotopic (exact) mass is 363 g/mol. The molecule has 3 rings (SSSR count). The molecule has 5 heteroatoms. The van der Waals surface area contributed by atoms with Gasteiger partial charge in [-0.2, -0.15) is 0 Å². The summed E-state index contributed by atoms with van der Waals surface area (Å²) in [7, 11) is 0. The summed E-state index contributed by atoms with van der Waals surface area (Å²) in [4.78, 5) is 16.5. The topological polar surface area (TPSA) is 56.2 Å². The Morgan fingerprint density at radius 2 is 1.85 bits per heavy atom. The number of amides is 1. The Balaban J connectivity index is 1.78. The van der Waals surface area contributed by atoms with Crippen LogP contribution in [0.2, 0.25) is 0 Å². The van der Waals surface area contributed by atoms with E-state index >= 15 is 0 Å². The van der Waals surface area contributed by atoms with Gasteiger partial charge in [-0.15, -0.1) is 0 Å². The zero-order chi connectivity index (χ0) is 19.4. The molecule has 0 saturated carbocycles. The third kappa shape index (κ3) is 4.19. The van der Waals surface area contributed by atoms with Crippen LogP contribution in [-0.2, 0) is 17.9 Å². The van der Waals surface area contributed by atoms with E-state index in [1.54, 1.807) is 6.92 Å². The van der Waals surface area contributed by atoms with Crippen molar-refractivity contribution in [2.75, 3.05) is 6.61 Å². The lowest BCUT2D eigenvalue weighted by molar-refractivity contribution is -0.117. The number of carbonyl (C=O) groups excluding carboxylic acids is 1. The Morgan fingerprint density at radius 1 is 1.15 bits per heavy atom. The molecular weight excluding hydrogens is 338 g/mol. The van der Waals surface area contributed by atoms with Gasteiger partial charge in [-0.3, -0.25) is 4.79 Å². The first-order valence-electron chi connectivity index (χ1n) is 9.04. The molecule has 2 aromatic carbocycles. The van der Waals surface area contributed by atoms with Crippen molar-refractivity contribution in [3.63, 3.8) is 0 Å². The van der Waals surface area contributed by atoms with Gasteiger partial charge in [0.15, 0.2) is 0 Å². The van der Waals surface area contributed by atoms with E-state index in [2.05, 4.69) is 21.4 Å². The minimum Gasteiger partial charge on any atom is -0.491 e. The molecule has 1 aromatic heterocycles. The van der Waals surface area contributed by atoms with Crippen LogP contribution in [-0.4, -0.2) is 22.1 Å². The van der Waals surface area contributed by atoms with E-state index in [1.807, 2.05) is 56.3 Å². The van der Waals surface area contributed by atoms with Crippen LogP contribution in [0.4, 0.5) is 0 Å². The molecule has 0 unspecified atom stereocenters. The Hall–Kier alpha value is -3.08. The SMILES string of the molecule is C=C(C)C(=O)NCc1nc2ccccc2n1CCOc1c(C)cccc1C. The molecule has 0 bridgehead atoms. The first-order chi connectivity index (χ1) is 13.0. The van der Waals surface area contributed by atoms with Gasteiger partial charge >= 0.3 is 0 Å². The van der Waals surface area contributed by atoms with Crippen molar-refractivity contribution < 1.29 is 9.53 Å². The van der Waals surface area contributed by atoms with Crippen molar-refractivity contribution in [2.45, 2.75) is 33.9 Å². The standard InChI is InChI=1S/C22H25N3O2/c1-15(2)22(26)23-14-20-24-18-10-5-6-11-19(18)25(20)12-13-27-21-16(3)8-7-9-17(21)4/h5-11H,1,12-14H2,2-4H3,(H,23,26). The Bertz CT molecular complexity index is 968. The number of nitrogens with zero attached hydrogens (tertiary/aromatic N) is 2. The molecule has 0 saturated heterocycles. The van der Waals surface area contributed by atoms with Crippen LogP contribution >= 0.6 is 0 Å². The van der Waals surface area contributed by atoms with Crippen molar-refractivity contribution in [2.24, 2.45) is 0 Å². The average Bonchev–Trinajstić information content (AvgIpc) is 2.99. The second-order valence-corrected chi connectivity index (χ2v) is 6.70. The molecule has 3 aromatic rings. The Morgan fingerprint density at radius 3 is 2.56 bits per heavy atom. The van der Waals surface area contributed by atoms with Crippen LogP contribution in [0, 0.1) is 13.8 Å². The number of rotatable bonds is 7. The summed E-state index contributed by atoms with van der Waals surface area (Å²) in [5.41, 5.74) is 4.67. The van der Waals surface area contributed by atoms with Crippen molar-refractivity contribution in [3.8, 4) is 5.75 Å². The Kier molecular flexibility index (Phi) is 5.60. The maximum atomic E-state index is 11.8. The summed E-state index contributed by atoms with van der Waals surface area (Å²) in [5.74, 6) is 1.57. The second-order valence-electron chi connectivity index (χ2n) is 6.70. The first-order valence-corrected chi connectivity index (χ1v) is 9.04.